The highest BCUT2D eigenvalue weighted by molar-refractivity contribution is 5.57. The van der Waals surface area contributed by atoms with Crippen molar-refractivity contribution in [3.8, 4) is 17.1 Å². The molecule has 84 valence electrons. The van der Waals surface area contributed by atoms with Crippen LogP contribution in [0.5, 0.6) is 5.75 Å². The van der Waals surface area contributed by atoms with Crippen LogP contribution in [0.25, 0.3) is 11.4 Å². The molecule has 1 aromatic heterocycles. The summed E-state index contributed by atoms with van der Waals surface area (Å²) >= 11 is 0. The molecule has 2 rings (SSSR count). The fraction of sp³-hybridized carbons (Fsp3) is 0.273. The standard InChI is InChI=1S/C11H13N3O2/c1-2-6-12-11-13-10(14-16-11)8-4-3-5-9(15)7-8/h3-5,7,15H,2,6H2,1H3,(H,12,13,14). The summed E-state index contributed by atoms with van der Waals surface area (Å²) in [5.41, 5.74) is 0.730. The summed E-state index contributed by atoms with van der Waals surface area (Å²) in [7, 11) is 0. The van der Waals surface area contributed by atoms with Crippen LogP contribution in [0.1, 0.15) is 13.3 Å². The number of benzene rings is 1. The molecule has 0 spiro atoms. The first-order chi connectivity index (χ1) is 7.79. The zero-order valence-corrected chi connectivity index (χ0v) is 8.97. The average molecular weight is 219 g/mol. The summed E-state index contributed by atoms with van der Waals surface area (Å²) in [6, 6.07) is 7.14. The van der Waals surface area contributed by atoms with E-state index in [2.05, 4.69) is 22.4 Å². The van der Waals surface area contributed by atoms with Crippen molar-refractivity contribution in [2.75, 3.05) is 11.9 Å². The third-order valence-corrected chi connectivity index (χ3v) is 2.06. The highest BCUT2D eigenvalue weighted by Gasteiger charge is 2.07. The molecule has 0 fully saturated rings. The second kappa shape index (κ2) is 4.65. The smallest absolute Gasteiger partial charge is 0.321 e. The first kappa shape index (κ1) is 10.5. The molecule has 0 aliphatic heterocycles. The maximum Gasteiger partial charge on any atom is 0.321 e. The predicted octanol–water partition coefficient (Wildman–Crippen LogP) is 2.26. The normalized spacial score (nSPS) is 10.3. The van der Waals surface area contributed by atoms with Gasteiger partial charge in [-0.05, 0) is 18.6 Å². The Morgan fingerprint density at radius 3 is 3.06 bits per heavy atom. The molecule has 2 aromatic rings. The van der Waals surface area contributed by atoms with Gasteiger partial charge < -0.3 is 14.9 Å². The van der Waals surface area contributed by atoms with Gasteiger partial charge in [-0.2, -0.15) is 4.98 Å². The number of aromatic hydroxyl groups is 1. The van der Waals surface area contributed by atoms with Crippen LogP contribution in [0.15, 0.2) is 28.8 Å². The third kappa shape index (κ3) is 2.31. The molecule has 0 saturated heterocycles. The van der Waals surface area contributed by atoms with Crippen molar-refractivity contribution < 1.29 is 9.63 Å². The van der Waals surface area contributed by atoms with Crippen molar-refractivity contribution >= 4 is 6.01 Å². The van der Waals surface area contributed by atoms with E-state index in [1.807, 2.05) is 6.07 Å². The number of anilines is 1. The van der Waals surface area contributed by atoms with Crippen LogP contribution in [-0.2, 0) is 0 Å². The van der Waals surface area contributed by atoms with E-state index in [1.54, 1.807) is 18.2 Å². The quantitative estimate of drug-likeness (QED) is 0.825. The number of hydrogen-bond donors (Lipinski definition) is 2. The van der Waals surface area contributed by atoms with Gasteiger partial charge in [0.1, 0.15) is 5.75 Å². The summed E-state index contributed by atoms with van der Waals surface area (Å²) in [4.78, 5) is 4.16. The number of hydrogen-bond acceptors (Lipinski definition) is 5. The van der Waals surface area contributed by atoms with Crippen LogP contribution in [0, 0.1) is 0 Å². The van der Waals surface area contributed by atoms with Gasteiger partial charge in [0.25, 0.3) is 0 Å². The zero-order valence-electron chi connectivity index (χ0n) is 8.97. The topological polar surface area (TPSA) is 71.2 Å². The minimum atomic E-state index is 0.186. The van der Waals surface area contributed by atoms with Gasteiger partial charge >= 0.3 is 6.01 Å². The molecule has 0 aliphatic carbocycles. The van der Waals surface area contributed by atoms with Crippen LogP contribution < -0.4 is 5.32 Å². The molecule has 5 nitrogen and oxygen atoms in total. The number of phenols is 1. The van der Waals surface area contributed by atoms with Crippen LogP contribution in [0.2, 0.25) is 0 Å². The van der Waals surface area contributed by atoms with Gasteiger partial charge in [-0.1, -0.05) is 24.2 Å². The van der Waals surface area contributed by atoms with Gasteiger partial charge in [-0.25, -0.2) is 0 Å². The van der Waals surface area contributed by atoms with Crippen molar-refractivity contribution in [1.82, 2.24) is 10.1 Å². The van der Waals surface area contributed by atoms with E-state index < -0.39 is 0 Å². The molecule has 0 amide bonds. The van der Waals surface area contributed by atoms with Crippen molar-refractivity contribution in [2.45, 2.75) is 13.3 Å². The Morgan fingerprint density at radius 1 is 1.44 bits per heavy atom. The molecule has 0 unspecified atom stereocenters. The number of nitrogens with one attached hydrogen (secondary N) is 1. The minimum Gasteiger partial charge on any atom is -0.508 e. The summed E-state index contributed by atoms with van der Waals surface area (Å²) < 4.78 is 5.01. The maximum atomic E-state index is 9.32. The molecule has 0 bridgehead atoms. The van der Waals surface area contributed by atoms with Gasteiger partial charge in [0, 0.05) is 12.1 Å². The van der Waals surface area contributed by atoms with E-state index in [4.69, 9.17) is 4.52 Å². The van der Waals surface area contributed by atoms with Crippen molar-refractivity contribution in [2.24, 2.45) is 0 Å². The Hall–Kier alpha value is -2.04. The predicted molar refractivity (Wildman–Crippen MR) is 60.2 cm³/mol. The number of nitrogens with zero attached hydrogens (tertiary/aromatic N) is 2. The van der Waals surface area contributed by atoms with E-state index in [0.29, 0.717) is 11.8 Å². The van der Waals surface area contributed by atoms with E-state index in [0.717, 1.165) is 18.5 Å². The lowest BCUT2D eigenvalue weighted by Crippen LogP contribution is -1.99. The number of aromatic nitrogens is 2. The molecule has 2 N–H and O–H groups in total. The van der Waals surface area contributed by atoms with Gasteiger partial charge in [0.15, 0.2) is 0 Å². The van der Waals surface area contributed by atoms with Gasteiger partial charge in [-0.3, -0.25) is 0 Å². The monoisotopic (exact) mass is 219 g/mol. The molecule has 0 aliphatic rings. The molecule has 0 radical (unpaired) electrons. The van der Waals surface area contributed by atoms with Crippen LogP contribution in [0.4, 0.5) is 6.01 Å². The second-order valence-corrected chi connectivity index (χ2v) is 3.40. The lowest BCUT2D eigenvalue weighted by molar-refractivity contribution is 0.432. The Morgan fingerprint density at radius 2 is 2.31 bits per heavy atom. The fourth-order valence-electron chi connectivity index (χ4n) is 1.29. The van der Waals surface area contributed by atoms with E-state index >= 15 is 0 Å². The van der Waals surface area contributed by atoms with Gasteiger partial charge in [-0.15, -0.1) is 0 Å². The lowest BCUT2D eigenvalue weighted by Gasteiger charge is -1.95. The van der Waals surface area contributed by atoms with E-state index in [1.165, 1.54) is 0 Å². The first-order valence-corrected chi connectivity index (χ1v) is 5.16. The average Bonchev–Trinajstić information content (AvgIpc) is 2.75. The minimum absolute atomic E-state index is 0.186. The molecular weight excluding hydrogens is 206 g/mol. The summed E-state index contributed by atoms with van der Waals surface area (Å²) in [5, 5.41) is 16.1. The lowest BCUT2D eigenvalue weighted by atomic mass is 10.2. The molecule has 1 aromatic carbocycles. The zero-order chi connectivity index (χ0) is 11.4. The Labute approximate surface area is 93.1 Å². The molecule has 0 saturated carbocycles. The number of phenolic OH excluding ortho intramolecular Hbond substituents is 1. The molecule has 0 atom stereocenters. The third-order valence-electron chi connectivity index (χ3n) is 2.06. The van der Waals surface area contributed by atoms with Crippen LogP contribution in [-0.4, -0.2) is 21.8 Å². The summed E-state index contributed by atoms with van der Waals surface area (Å²) in [5.74, 6) is 0.653. The van der Waals surface area contributed by atoms with Crippen LogP contribution in [0.3, 0.4) is 0 Å². The highest BCUT2D eigenvalue weighted by atomic mass is 16.5. The summed E-state index contributed by atoms with van der Waals surface area (Å²) in [6.07, 6.45) is 0.990. The first-order valence-electron chi connectivity index (χ1n) is 5.16. The van der Waals surface area contributed by atoms with E-state index in [9.17, 15) is 5.11 Å². The Balaban J connectivity index is 2.18. The largest absolute Gasteiger partial charge is 0.508 e. The maximum absolute atomic E-state index is 9.32. The molecule has 5 heteroatoms. The Kier molecular flexibility index (Phi) is 3.05. The van der Waals surface area contributed by atoms with Gasteiger partial charge in [0.05, 0.1) is 0 Å². The van der Waals surface area contributed by atoms with Crippen molar-refractivity contribution in [1.29, 1.82) is 0 Å². The molecular formula is C11H13N3O2. The van der Waals surface area contributed by atoms with Crippen molar-refractivity contribution in [3.63, 3.8) is 0 Å². The van der Waals surface area contributed by atoms with E-state index in [-0.39, 0.29) is 5.75 Å². The van der Waals surface area contributed by atoms with Crippen molar-refractivity contribution in [3.05, 3.63) is 24.3 Å². The van der Waals surface area contributed by atoms with Gasteiger partial charge in [0.2, 0.25) is 5.82 Å². The Bertz CT molecular complexity index is 468. The van der Waals surface area contributed by atoms with Crippen LogP contribution >= 0.6 is 0 Å². The summed E-state index contributed by atoms with van der Waals surface area (Å²) in [6.45, 7) is 2.85. The fourth-order valence-corrected chi connectivity index (χ4v) is 1.29. The number of rotatable bonds is 4. The highest BCUT2D eigenvalue weighted by Crippen LogP contribution is 2.21. The SMILES string of the molecule is CCCNc1nc(-c2cccc(O)c2)no1. The molecule has 1 heterocycles. The second-order valence-electron chi connectivity index (χ2n) is 3.40. The molecule has 16 heavy (non-hydrogen) atoms.